The van der Waals surface area contributed by atoms with Gasteiger partial charge in [0.15, 0.2) is 6.19 Å². The van der Waals surface area contributed by atoms with Gasteiger partial charge in [-0.1, -0.05) is 51.1 Å². The number of carbonyl (C=O) groups is 1. The van der Waals surface area contributed by atoms with Gasteiger partial charge >= 0.3 is 0 Å². The fourth-order valence-corrected chi connectivity index (χ4v) is 4.50. The highest BCUT2D eigenvalue weighted by molar-refractivity contribution is 5.95. The Kier molecular flexibility index (Phi) is 7.47. The molecule has 1 saturated carbocycles. The van der Waals surface area contributed by atoms with Gasteiger partial charge in [0, 0.05) is 30.5 Å². The normalized spacial score (nSPS) is 21.2. The fourth-order valence-electron chi connectivity index (χ4n) is 4.50. The molecule has 2 aromatic rings. The van der Waals surface area contributed by atoms with E-state index >= 15 is 0 Å². The zero-order valence-electron chi connectivity index (χ0n) is 20.3. The molecule has 176 valence electrons. The van der Waals surface area contributed by atoms with Gasteiger partial charge in [0.25, 0.3) is 5.91 Å². The van der Waals surface area contributed by atoms with Gasteiger partial charge < -0.3 is 15.1 Å². The lowest BCUT2D eigenvalue weighted by molar-refractivity contribution is 0.0933. The molecule has 0 atom stereocenters. The number of furan rings is 1. The molecule has 0 aliphatic heterocycles. The van der Waals surface area contributed by atoms with E-state index in [4.69, 9.17) is 9.68 Å². The lowest BCUT2D eigenvalue weighted by Crippen LogP contribution is -2.49. The lowest BCUT2D eigenvalue weighted by Gasteiger charge is -2.41. The maximum atomic E-state index is 13.1. The van der Waals surface area contributed by atoms with Crippen LogP contribution in [0.25, 0.3) is 0 Å². The average molecular weight is 450 g/mol. The average Bonchev–Trinajstić information content (AvgIpc) is 3.21. The summed E-state index contributed by atoms with van der Waals surface area (Å²) in [6, 6.07) is 12.5. The maximum Gasteiger partial charge on any atom is 0.254 e. The van der Waals surface area contributed by atoms with Crippen LogP contribution in [0, 0.1) is 18.4 Å². The van der Waals surface area contributed by atoms with E-state index in [1.165, 1.54) is 5.56 Å². The molecule has 0 spiro atoms. The zero-order chi connectivity index (χ0) is 24.1. The summed E-state index contributed by atoms with van der Waals surface area (Å²) in [6.45, 7) is 8.62. The van der Waals surface area contributed by atoms with E-state index in [1.807, 2.05) is 25.2 Å². The van der Waals surface area contributed by atoms with Gasteiger partial charge in [-0.3, -0.25) is 15.1 Å². The highest BCUT2D eigenvalue weighted by Crippen LogP contribution is 2.39. The molecule has 1 amide bonds. The van der Waals surface area contributed by atoms with Crippen molar-refractivity contribution >= 4 is 11.9 Å². The number of benzene rings is 1. The molecule has 0 unspecified atom stereocenters. The quantitative estimate of drug-likeness (QED) is 0.276. The standard InChI is InChI=1S/C26H35N5O2/c1-18-21(15-22(33-18)25(2,3)4)23(32)29-16-26(19-9-7-6-8-10-19)13-11-20(12-14-26)31-24(28-5)30-17-27/h6-10,15,20H,11-14,16H2,1-5H3,(H,29,32)(H2,28,30,31). The minimum Gasteiger partial charge on any atom is -0.465 e. The number of aryl methyl sites for hydroxylation is 1. The number of nitrogens with zero attached hydrogens (tertiary/aromatic N) is 2. The van der Waals surface area contributed by atoms with Gasteiger partial charge in [-0.2, -0.15) is 5.26 Å². The third kappa shape index (κ3) is 5.75. The van der Waals surface area contributed by atoms with Crippen molar-refractivity contribution in [3.63, 3.8) is 0 Å². The number of aliphatic imine (C=N–C) groups is 1. The van der Waals surface area contributed by atoms with E-state index in [9.17, 15) is 4.79 Å². The Morgan fingerprint density at radius 1 is 1.24 bits per heavy atom. The van der Waals surface area contributed by atoms with Crippen molar-refractivity contribution in [3.8, 4) is 6.19 Å². The highest BCUT2D eigenvalue weighted by Gasteiger charge is 2.37. The molecule has 0 radical (unpaired) electrons. The number of nitriles is 1. The lowest BCUT2D eigenvalue weighted by atomic mass is 9.68. The first kappa shape index (κ1) is 24.4. The van der Waals surface area contributed by atoms with Crippen molar-refractivity contribution in [3.05, 3.63) is 59.0 Å². The SMILES string of the molecule is CN=C(NC#N)NC1CCC(CNC(=O)c2cc(C(C)(C)C)oc2C)(c2ccccc2)CC1. The molecular formula is C26H35N5O2. The van der Waals surface area contributed by atoms with Gasteiger partial charge in [0.05, 0.1) is 5.56 Å². The summed E-state index contributed by atoms with van der Waals surface area (Å²) in [7, 11) is 1.65. The van der Waals surface area contributed by atoms with E-state index in [0.29, 0.717) is 23.8 Å². The molecule has 3 N–H and O–H groups in total. The van der Waals surface area contributed by atoms with Crippen LogP contribution < -0.4 is 16.0 Å². The Bertz CT molecular complexity index is 1020. The Labute approximate surface area is 196 Å². The molecule has 7 heteroatoms. The molecule has 0 bridgehead atoms. The van der Waals surface area contributed by atoms with E-state index in [2.05, 4.69) is 66.0 Å². The molecule has 33 heavy (non-hydrogen) atoms. The molecule has 1 aliphatic rings. The van der Waals surface area contributed by atoms with Crippen LogP contribution in [0.1, 0.15) is 73.9 Å². The number of hydrogen-bond acceptors (Lipinski definition) is 4. The second-order valence-corrected chi connectivity index (χ2v) is 9.89. The Morgan fingerprint density at radius 2 is 1.91 bits per heavy atom. The minimum absolute atomic E-state index is 0.0964. The van der Waals surface area contributed by atoms with Crippen molar-refractivity contribution in [1.82, 2.24) is 16.0 Å². The zero-order valence-corrected chi connectivity index (χ0v) is 20.3. The number of amides is 1. The van der Waals surface area contributed by atoms with Crippen LogP contribution >= 0.6 is 0 Å². The van der Waals surface area contributed by atoms with E-state index in [1.54, 1.807) is 7.05 Å². The van der Waals surface area contributed by atoms with Crippen molar-refractivity contribution in [1.29, 1.82) is 5.26 Å². The van der Waals surface area contributed by atoms with Crippen LogP contribution in [0.5, 0.6) is 0 Å². The first-order valence-corrected chi connectivity index (χ1v) is 11.5. The first-order chi connectivity index (χ1) is 15.7. The fraction of sp³-hybridized carbons (Fsp3) is 0.500. The van der Waals surface area contributed by atoms with Crippen LogP contribution in [0.15, 0.2) is 45.8 Å². The van der Waals surface area contributed by atoms with E-state index < -0.39 is 0 Å². The van der Waals surface area contributed by atoms with E-state index in [-0.39, 0.29) is 22.8 Å². The molecule has 1 fully saturated rings. The number of nitrogens with one attached hydrogen (secondary N) is 3. The van der Waals surface area contributed by atoms with Crippen LogP contribution in [0.2, 0.25) is 0 Å². The number of rotatable bonds is 5. The Morgan fingerprint density at radius 3 is 2.45 bits per heavy atom. The molecule has 7 nitrogen and oxygen atoms in total. The number of guanidine groups is 1. The summed E-state index contributed by atoms with van der Waals surface area (Å²) in [5.74, 6) is 1.86. The third-order valence-corrected chi connectivity index (χ3v) is 6.56. The molecule has 1 aromatic carbocycles. The molecule has 1 aliphatic carbocycles. The van der Waals surface area contributed by atoms with Gasteiger partial charge in [0.1, 0.15) is 11.5 Å². The molecule has 0 saturated heterocycles. The van der Waals surface area contributed by atoms with Crippen LogP contribution in [-0.2, 0) is 10.8 Å². The smallest absolute Gasteiger partial charge is 0.254 e. The summed E-state index contributed by atoms with van der Waals surface area (Å²) < 4.78 is 5.87. The predicted octanol–water partition coefficient (Wildman–Crippen LogP) is 4.14. The third-order valence-electron chi connectivity index (χ3n) is 6.56. The molecule has 3 rings (SSSR count). The monoisotopic (exact) mass is 449 g/mol. The van der Waals surface area contributed by atoms with Gasteiger partial charge in [-0.25, -0.2) is 0 Å². The maximum absolute atomic E-state index is 13.1. The largest absolute Gasteiger partial charge is 0.465 e. The van der Waals surface area contributed by atoms with Crippen LogP contribution in [0.4, 0.5) is 0 Å². The van der Waals surface area contributed by atoms with E-state index in [0.717, 1.165) is 31.4 Å². The van der Waals surface area contributed by atoms with Crippen LogP contribution in [-0.4, -0.2) is 31.5 Å². The van der Waals surface area contributed by atoms with Crippen LogP contribution in [0.3, 0.4) is 0 Å². The van der Waals surface area contributed by atoms with Crippen molar-refractivity contribution in [2.45, 2.75) is 70.3 Å². The summed E-state index contributed by atoms with van der Waals surface area (Å²) in [4.78, 5) is 17.2. The predicted molar refractivity (Wildman–Crippen MR) is 130 cm³/mol. The second-order valence-electron chi connectivity index (χ2n) is 9.89. The summed E-state index contributed by atoms with van der Waals surface area (Å²) in [6.07, 6.45) is 5.57. The van der Waals surface area contributed by atoms with Gasteiger partial charge in [0.2, 0.25) is 5.96 Å². The number of carbonyl (C=O) groups excluding carboxylic acids is 1. The van der Waals surface area contributed by atoms with Gasteiger partial charge in [-0.15, -0.1) is 0 Å². The topological polar surface area (TPSA) is 102 Å². The molecule has 1 aromatic heterocycles. The second kappa shape index (κ2) is 10.1. The Hall–Kier alpha value is -3.27. The van der Waals surface area contributed by atoms with Gasteiger partial charge in [-0.05, 0) is 44.2 Å². The minimum atomic E-state index is -0.152. The van der Waals surface area contributed by atoms with Crippen molar-refractivity contribution < 1.29 is 9.21 Å². The summed E-state index contributed by atoms with van der Waals surface area (Å²) >= 11 is 0. The Balaban J connectivity index is 1.74. The van der Waals surface area contributed by atoms with Crippen molar-refractivity contribution in [2.24, 2.45) is 4.99 Å². The summed E-state index contributed by atoms with van der Waals surface area (Å²) in [5.41, 5.74) is 1.54. The molecule has 1 heterocycles. The molecular weight excluding hydrogens is 414 g/mol. The number of hydrogen-bond donors (Lipinski definition) is 3. The van der Waals surface area contributed by atoms with Crippen molar-refractivity contribution in [2.75, 3.05) is 13.6 Å². The first-order valence-electron chi connectivity index (χ1n) is 11.5. The summed E-state index contributed by atoms with van der Waals surface area (Å²) in [5, 5.41) is 18.0. The highest BCUT2D eigenvalue weighted by atomic mass is 16.3.